The van der Waals surface area contributed by atoms with Gasteiger partial charge in [0.2, 0.25) is 11.8 Å². The quantitative estimate of drug-likeness (QED) is 0.725. The first-order valence-electron chi connectivity index (χ1n) is 8.48. The fourth-order valence-electron chi connectivity index (χ4n) is 2.61. The minimum absolute atomic E-state index is 0.00672. The third-order valence-electron chi connectivity index (χ3n) is 4.32. The van der Waals surface area contributed by atoms with E-state index < -0.39 is 0 Å². The Labute approximate surface area is 149 Å². The molecule has 0 radical (unpaired) electrons. The maximum absolute atomic E-state index is 12.4. The number of benzene rings is 1. The molecule has 0 spiro atoms. The molecule has 7 nitrogen and oxygen atoms in total. The van der Waals surface area contributed by atoms with Crippen molar-refractivity contribution < 1.29 is 19.1 Å². The summed E-state index contributed by atoms with van der Waals surface area (Å²) in [5.41, 5.74) is 0. The van der Waals surface area contributed by atoms with Crippen molar-refractivity contribution in [2.75, 3.05) is 60.0 Å². The Morgan fingerprint density at radius 1 is 1.08 bits per heavy atom. The lowest BCUT2D eigenvalue weighted by molar-refractivity contribution is -0.140. The number of piperazine rings is 1. The van der Waals surface area contributed by atoms with Crippen LogP contribution in [0.5, 0.6) is 11.5 Å². The predicted molar refractivity (Wildman–Crippen MR) is 94.8 cm³/mol. The summed E-state index contributed by atoms with van der Waals surface area (Å²) < 4.78 is 10.7. The van der Waals surface area contributed by atoms with E-state index in [9.17, 15) is 9.59 Å². The normalized spacial score (nSPS) is 14.9. The Morgan fingerprint density at radius 2 is 1.68 bits per heavy atom. The molecule has 0 unspecified atom stereocenters. The summed E-state index contributed by atoms with van der Waals surface area (Å²) in [6.45, 7) is 5.45. The van der Waals surface area contributed by atoms with Crippen molar-refractivity contribution in [1.29, 1.82) is 0 Å². The molecule has 1 aliphatic rings. The molecule has 138 valence electrons. The molecule has 7 heteroatoms. The van der Waals surface area contributed by atoms with E-state index in [0.29, 0.717) is 32.0 Å². The molecule has 1 aromatic rings. The molecule has 1 saturated heterocycles. The molecule has 1 aliphatic heterocycles. The van der Waals surface area contributed by atoms with Gasteiger partial charge in [0.25, 0.3) is 0 Å². The number of likely N-dealkylation sites (N-methyl/N-ethyl adjacent to an activating group) is 1. The monoisotopic (exact) mass is 349 g/mol. The van der Waals surface area contributed by atoms with Crippen LogP contribution in [0, 0.1) is 0 Å². The van der Waals surface area contributed by atoms with Crippen molar-refractivity contribution in [2.45, 2.75) is 6.92 Å². The molecule has 0 aliphatic carbocycles. The van der Waals surface area contributed by atoms with Crippen LogP contribution in [-0.4, -0.2) is 86.5 Å². The van der Waals surface area contributed by atoms with E-state index in [1.54, 1.807) is 7.11 Å². The highest BCUT2D eigenvalue weighted by molar-refractivity contribution is 5.83. The molecule has 0 aromatic heterocycles. The highest BCUT2D eigenvalue weighted by Gasteiger charge is 2.22. The van der Waals surface area contributed by atoms with E-state index in [-0.39, 0.29) is 18.4 Å². The average Bonchev–Trinajstić information content (AvgIpc) is 2.61. The molecule has 0 N–H and O–H groups in total. The van der Waals surface area contributed by atoms with Gasteiger partial charge in [0.05, 0.1) is 20.2 Å². The number of methoxy groups -OCH3 is 1. The van der Waals surface area contributed by atoms with Gasteiger partial charge in [0.15, 0.2) is 0 Å². The number of carbonyl (C=O) groups excluding carboxylic acids is 2. The maximum Gasteiger partial charge on any atom is 0.242 e. The van der Waals surface area contributed by atoms with Crippen LogP contribution in [-0.2, 0) is 9.59 Å². The summed E-state index contributed by atoms with van der Waals surface area (Å²) in [5.74, 6) is 1.33. The standard InChI is InChI=1S/C18H27N3O4/c1-15(22)21(14-18(23)20-10-8-19(2)9-11-20)12-13-25-17-6-4-16(24-3)5-7-17/h4-7H,8-14H2,1-3H3. The van der Waals surface area contributed by atoms with Crippen molar-refractivity contribution in [3.8, 4) is 11.5 Å². The van der Waals surface area contributed by atoms with E-state index in [1.807, 2.05) is 36.2 Å². The van der Waals surface area contributed by atoms with E-state index >= 15 is 0 Å². The first-order chi connectivity index (χ1) is 12.0. The van der Waals surface area contributed by atoms with Gasteiger partial charge in [-0.2, -0.15) is 0 Å². The van der Waals surface area contributed by atoms with Gasteiger partial charge in [-0.3, -0.25) is 9.59 Å². The van der Waals surface area contributed by atoms with Crippen LogP contribution in [0.1, 0.15) is 6.92 Å². The van der Waals surface area contributed by atoms with E-state index in [4.69, 9.17) is 9.47 Å². The van der Waals surface area contributed by atoms with Gasteiger partial charge < -0.3 is 24.2 Å². The molecule has 1 fully saturated rings. The minimum atomic E-state index is -0.124. The highest BCUT2D eigenvalue weighted by Crippen LogP contribution is 2.16. The molecule has 0 bridgehead atoms. The van der Waals surface area contributed by atoms with Gasteiger partial charge in [0.1, 0.15) is 18.1 Å². The van der Waals surface area contributed by atoms with Gasteiger partial charge in [-0.05, 0) is 31.3 Å². The van der Waals surface area contributed by atoms with Crippen LogP contribution in [0.4, 0.5) is 0 Å². The lowest BCUT2D eigenvalue weighted by Gasteiger charge is -2.33. The first-order valence-corrected chi connectivity index (χ1v) is 8.48. The molecule has 1 aromatic carbocycles. The zero-order valence-electron chi connectivity index (χ0n) is 15.2. The maximum atomic E-state index is 12.4. The number of hydrogen-bond acceptors (Lipinski definition) is 5. The third kappa shape index (κ3) is 5.94. The smallest absolute Gasteiger partial charge is 0.242 e. The number of amides is 2. The van der Waals surface area contributed by atoms with Crippen molar-refractivity contribution in [2.24, 2.45) is 0 Å². The average molecular weight is 349 g/mol. The van der Waals surface area contributed by atoms with Crippen LogP contribution in [0.25, 0.3) is 0 Å². The van der Waals surface area contributed by atoms with E-state index in [1.165, 1.54) is 11.8 Å². The number of rotatable bonds is 7. The van der Waals surface area contributed by atoms with Gasteiger partial charge in [-0.25, -0.2) is 0 Å². The topological polar surface area (TPSA) is 62.3 Å². The fraction of sp³-hybridized carbons (Fsp3) is 0.556. The summed E-state index contributed by atoms with van der Waals surface area (Å²) in [7, 11) is 3.65. The fourth-order valence-corrected chi connectivity index (χ4v) is 2.61. The Bertz CT molecular complexity index is 568. The Balaban J connectivity index is 1.79. The van der Waals surface area contributed by atoms with Crippen LogP contribution >= 0.6 is 0 Å². The molecular weight excluding hydrogens is 322 g/mol. The van der Waals surface area contributed by atoms with Gasteiger partial charge in [0, 0.05) is 33.1 Å². The van der Waals surface area contributed by atoms with Crippen LogP contribution in [0.3, 0.4) is 0 Å². The third-order valence-corrected chi connectivity index (χ3v) is 4.32. The molecule has 25 heavy (non-hydrogen) atoms. The summed E-state index contributed by atoms with van der Waals surface area (Å²) >= 11 is 0. The minimum Gasteiger partial charge on any atom is -0.497 e. The van der Waals surface area contributed by atoms with Crippen molar-refractivity contribution >= 4 is 11.8 Å². The van der Waals surface area contributed by atoms with Crippen LogP contribution in [0.2, 0.25) is 0 Å². The van der Waals surface area contributed by atoms with E-state index in [0.717, 1.165) is 18.8 Å². The molecule has 2 rings (SSSR count). The summed E-state index contributed by atoms with van der Waals surface area (Å²) in [6.07, 6.45) is 0. The molecule has 2 amide bonds. The second-order valence-corrected chi connectivity index (χ2v) is 6.15. The Kier molecular flexibility index (Phi) is 7.06. The Hall–Kier alpha value is -2.28. The summed E-state index contributed by atoms with van der Waals surface area (Å²) in [4.78, 5) is 29.7. The number of ether oxygens (including phenoxy) is 2. The summed E-state index contributed by atoms with van der Waals surface area (Å²) in [6, 6.07) is 7.25. The lowest BCUT2D eigenvalue weighted by Crippen LogP contribution is -2.51. The second-order valence-electron chi connectivity index (χ2n) is 6.15. The van der Waals surface area contributed by atoms with Gasteiger partial charge >= 0.3 is 0 Å². The van der Waals surface area contributed by atoms with Crippen molar-refractivity contribution in [1.82, 2.24) is 14.7 Å². The second kappa shape index (κ2) is 9.27. The highest BCUT2D eigenvalue weighted by atomic mass is 16.5. The molecule has 0 atom stereocenters. The molecule has 1 heterocycles. The zero-order valence-corrected chi connectivity index (χ0v) is 15.2. The summed E-state index contributed by atoms with van der Waals surface area (Å²) in [5, 5.41) is 0. The first kappa shape index (κ1) is 19.1. The number of carbonyl (C=O) groups is 2. The lowest BCUT2D eigenvalue weighted by atomic mass is 10.3. The predicted octanol–water partition coefficient (Wildman–Crippen LogP) is 0.697. The van der Waals surface area contributed by atoms with Crippen LogP contribution < -0.4 is 9.47 Å². The van der Waals surface area contributed by atoms with Gasteiger partial charge in [-0.1, -0.05) is 0 Å². The largest absolute Gasteiger partial charge is 0.497 e. The molecule has 0 saturated carbocycles. The van der Waals surface area contributed by atoms with E-state index in [2.05, 4.69) is 4.90 Å². The zero-order chi connectivity index (χ0) is 18.2. The SMILES string of the molecule is COc1ccc(OCCN(CC(=O)N2CCN(C)CC2)C(C)=O)cc1. The van der Waals surface area contributed by atoms with Crippen molar-refractivity contribution in [3.63, 3.8) is 0 Å². The molecular formula is C18H27N3O4. The Morgan fingerprint density at radius 3 is 2.24 bits per heavy atom. The van der Waals surface area contributed by atoms with Crippen LogP contribution in [0.15, 0.2) is 24.3 Å². The number of hydrogen-bond donors (Lipinski definition) is 0. The van der Waals surface area contributed by atoms with Crippen molar-refractivity contribution in [3.05, 3.63) is 24.3 Å². The van der Waals surface area contributed by atoms with Gasteiger partial charge in [-0.15, -0.1) is 0 Å². The number of nitrogens with zero attached hydrogens (tertiary/aromatic N) is 3.